The first-order valence-electron chi connectivity index (χ1n) is 10.9. The molecule has 0 saturated carbocycles. The molecule has 1 amide bonds. The number of halogens is 1. The molecule has 1 saturated heterocycles. The van der Waals surface area contributed by atoms with Gasteiger partial charge in [-0.15, -0.1) is 0 Å². The second-order valence-electron chi connectivity index (χ2n) is 7.96. The number of piperazine rings is 1. The van der Waals surface area contributed by atoms with Crippen LogP contribution in [0, 0.1) is 12.7 Å². The summed E-state index contributed by atoms with van der Waals surface area (Å²) in [6.45, 7) is 3.74. The van der Waals surface area contributed by atoms with Gasteiger partial charge in [-0.05, 0) is 24.6 Å². The third-order valence-electron chi connectivity index (χ3n) is 5.75. The predicted octanol–water partition coefficient (Wildman–Crippen LogP) is 2.99. The van der Waals surface area contributed by atoms with E-state index in [0.29, 0.717) is 37.0 Å². The van der Waals surface area contributed by atoms with Crippen molar-refractivity contribution < 1.29 is 13.9 Å². The summed E-state index contributed by atoms with van der Waals surface area (Å²) >= 11 is 1.37. The van der Waals surface area contributed by atoms with Gasteiger partial charge in [0.25, 0.3) is 11.5 Å². The highest BCUT2D eigenvalue weighted by atomic mass is 32.1. The Morgan fingerprint density at radius 2 is 1.82 bits per heavy atom. The van der Waals surface area contributed by atoms with E-state index in [1.807, 2.05) is 36.1 Å². The minimum atomic E-state index is -0.499. The number of carbonyl (C=O) groups excluding carboxylic acids is 1. The maximum atomic E-state index is 13.7. The lowest BCUT2D eigenvalue weighted by molar-refractivity contribution is -0.133. The van der Waals surface area contributed by atoms with Crippen molar-refractivity contribution in [3.05, 3.63) is 76.3 Å². The van der Waals surface area contributed by atoms with Gasteiger partial charge < -0.3 is 14.5 Å². The summed E-state index contributed by atoms with van der Waals surface area (Å²) in [7, 11) is 0. The van der Waals surface area contributed by atoms with Crippen LogP contribution in [0.25, 0.3) is 15.5 Å². The van der Waals surface area contributed by atoms with Crippen LogP contribution in [-0.4, -0.2) is 58.2 Å². The Labute approximate surface area is 198 Å². The third kappa shape index (κ3) is 4.36. The summed E-state index contributed by atoms with van der Waals surface area (Å²) in [4.78, 5) is 34.1. The summed E-state index contributed by atoms with van der Waals surface area (Å²) in [6, 6.07) is 15.4. The number of ether oxygens (including phenoxy) is 1. The van der Waals surface area contributed by atoms with Crippen LogP contribution < -0.4 is 15.2 Å². The number of aryl methyl sites for hydroxylation is 1. The molecule has 0 N–H and O–H groups in total. The van der Waals surface area contributed by atoms with Gasteiger partial charge in [0.2, 0.25) is 4.96 Å². The van der Waals surface area contributed by atoms with Crippen molar-refractivity contribution in [2.75, 3.05) is 37.7 Å². The van der Waals surface area contributed by atoms with Gasteiger partial charge in [0.05, 0.1) is 0 Å². The zero-order valence-corrected chi connectivity index (χ0v) is 19.3. The Morgan fingerprint density at radius 3 is 2.59 bits per heavy atom. The van der Waals surface area contributed by atoms with Gasteiger partial charge >= 0.3 is 0 Å². The quantitative estimate of drug-likeness (QED) is 0.438. The Balaban J connectivity index is 1.26. The molecule has 174 valence electrons. The third-order valence-corrected chi connectivity index (χ3v) is 6.69. The lowest BCUT2D eigenvalue weighted by Crippen LogP contribution is -2.50. The van der Waals surface area contributed by atoms with E-state index in [0.717, 1.165) is 16.1 Å². The van der Waals surface area contributed by atoms with Crippen LogP contribution in [0.3, 0.4) is 0 Å². The number of benzene rings is 2. The minimum Gasteiger partial charge on any atom is -0.481 e. The van der Waals surface area contributed by atoms with Gasteiger partial charge in [-0.3, -0.25) is 9.59 Å². The largest absolute Gasteiger partial charge is 0.481 e. The van der Waals surface area contributed by atoms with Gasteiger partial charge in [0.15, 0.2) is 18.2 Å². The van der Waals surface area contributed by atoms with Crippen molar-refractivity contribution in [1.29, 1.82) is 0 Å². The average Bonchev–Trinajstić information content (AvgIpc) is 3.28. The number of anilines is 1. The molecule has 0 bridgehead atoms. The van der Waals surface area contributed by atoms with Gasteiger partial charge in [-0.25, -0.2) is 9.37 Å². The molecular weight excluding hydrogens is 457 g/mol. The number of hydrogen-bond donors (Lipinski definition) is 0. The van der Waals surface area contributed by atoms with Crippen molar-refractivity contribution >= 4 is 28.0 Å². The molecule has 10 heteroatoms. The Kier molecular flexibility index (Phi) is 5.97. The number of amides is 1. The molecule has 0 aliphatic carbocycles. The fourth-order valence-corrected chi connectivity index (χ4v) is 4.85. The van der Waals surface area contributed by atoms with Crippen LogP contribution >= 0.6 is 11.3 Å². The fourth-order valence-electron chi connectivity index (χ4n) is 3.86. The van der Waals surface area contributed by atoms with E-state index in [9.17, 15) is 14.0 Å². The van der Waals surface area contributed by atoms with E-state index >= 15 is 0 Å². The second-order valence-corrected chi connectivity index (χ2v) is 8.91. The topological polar surface area (TPSA) is 80.0 Å². The molecule has 2 aromatic heterocycles. The minimum absolute atomic E-state index is 0.0575. The molecule has 0 atom stereocenters. The molecule has 34 heavy (non-hydrogen) atoms. The Hall–Kier alpha value is -3.79. The van der Waals surface area contributed by atoms with Crippen molar-refractivity contribution in [3.63, 3.8) is 0 Å². The molecule has 0 radical (unpaired) electrons. The normalized spacial score (nSPS) is 13.9. The van der Waals surface area contributed by atoms with Crippen molar-refractivity contribution in [3.8, 4) is 16.3 Å². The highest BCUT2D eigenvalue weighted by Crippen LogP contribution is 2.27. The van der Waals surface area contributed by atoms with E-state index in [-0.39, 0.29) is 23.8 Å². The van der Waals surface area contributed by atoms with Crippen molar-refractivity contribution in [2.24, 2.45) is 0 Å². The summed E-state index contributed by atoms with van der Waals surface area (Å²) < 4.78 is 20.3. The monoisotopic (exact) mass is 479 g/mol. The number of nitrogens with zero attached hydrogens (tertiary/aromatic N) is 5. The number of carbonyl (C=O) groups is 1. The number of rotatable bonds is 5. The van der Waals surface area contributed by atoms with Crippen LogP contribution in [0.5, 0.6) is 5.75 Å². The molecule has 1 aliphatic rings. The first-order valence-corrected chi connectivity index (χ1v) is 11.7. The van der Waals surface area contributed by atoms with Crippen LogP contribution in [0.15, 0.2) is 59.4 Å². The van der Waals surface area contributed by atoms with Gasteiger partial charge in [0.1, 0.15) is 10.8 Å². The summed E-state index contributed by atoms with van der Waals surface area (Å²) in [6.07, 6.45) is 0. The average molecular weight is 480 g/mol. The standard InChI is InChI=1S/C24H22FN5O3S/c1-16-6-2-3-7-17(16)23-27-30-21(31)14-20(26-24(30)34-23)28-10-12-29(13-11-28)22(32)15-33-19-9-5-4-8-18(19)25/h2-9,14H,10-13,15H2,1H3. The van der Waals surface area contributed by atoms with E-state index in [1.54, 1.807) is 17.0 Å². The highest BCUT2D eigenvalue weighted by Gasteiger charge is 2.24. The number of hydrogen-bond acceptors (Lipinski definition) is 7. The van der Waals surface area contributed by atoms with Crippen molar-refractivity contribution in [2.45, 2.75) is 6.92 Å². The lowest BCUT2D eigenvalue weighted by atomic mass is 10.1. The number of aromatic nitrogens is 3. The second kappa shape index (κ2) is 9.22. The molecule has 2 aromatic carbocycles. The summed E-state index contributed by atoms with van der Waals surface area (Å²) in [5, 5.41) is 5.21. The SMILES string of the molecule is Cc1ccccc1-c1nn2c(=O)cc(N3CCN(C(=O)COc4ccccc4F)CC3)nc2s1. The van der Waals surface area contributed by atoms with Gasteiger partial charge in [-0.2, -0.15) is 9.61 Å². The van der Waals surface area contributed by atoms with Crippen LogP contribution in [0.2, 0.25) is 0 Å². The van der Waals surface area contributed by atoms with E-state index in [1.165, 1.54) is 34.1 Å². The zero-order chi connectivity index (χ0) is 23.7. The van der Waals surface area contributed by atoms with E-state index in [2.05, 4.69) is 10.1 Å². The molecular formula is C24H22FN5O3S. The van der Waals surface area contributed by atoms with Crippen LogP contribution in [-0.2, 0) is 4.79 Å². The molecule has 3 heterocycles. The number of para-hydroxylation sites is 1. The van der Waals surface area contributed by atoms with Crippen molar-refractivity contribution in [1.82, 2.24) is 19.5 Å². The van der Waals surface area contributed by atoms with Crippen LogP contribution in [0.4, 0.5) is 10.2 Å². The first kappa shape index (κ1) is 22.0. The van der Waals surface area contributed by atoms with Gasteiger partial charge in [-0.1, -0.05) is 47.7 Å². The molecule has 4 aromatic rings. The Morgan fingerprint density at radius 1 is 1.09 bits per heavy atom. The molecule has 1 fully saturated rings. The van der Waals surface area contributed by atoms with Crippen LogP contribution in [0.1, 0.15) is 5.56 Å². The number of fused-ring (bicyclic) bond motifs is 1. The summed E-state index contributed by atoms with van der Waals surface area (Å²) in [5.41, 5.74) is 1.81. The van der Waals surface area contributed by atoms with E-state index in [4.69, 9.17) is 4.74 Å². The summed E-state index contributed by atoms with van der Waals surface area (Å²) in [5.74, 6) is -0.0833. The molecule has 5 rings (SSSR count). The fraction of sp³-hybridized carbons (Fsp3) is 0.250. The zero-order valence-electron chi connectivity index (χ0n) is 18.5. The smallest absolute Gasteiger partial charge is 0.277 e. The molecule has 8 nitrogen and oxygen atoms in total. The maximum absolute atomic E-state index is 13.7. The van der Waals surface area contributed by atoms with Gasteiger partial charge in [0, 0.05) is 37.8 Å². The maximum Gasteiger partial charge on any atom is 0.277 e. The van der Waals surface area contributed by atoms with E-state index < -0.39 is 5.82 Å². The Bertz CT molecular complexity index is 1410. The highest BCUT2D eigenvalue weighted by molar-refractivity contribution is 7.19. The molecule has 0 unspecified atom stereocenters. The lowest BCUT2D eigenvalue weighted by Gasteiger charge is -2.35. The molecule has 1 aliphatic heterocycles. The predicted molar refractivity (Wildman–Crippen MR) is 128 cm³/mol. The molecule has 0 spiro atoms. The first-order chi connectivity index (χ1) is 16.5.